The molecule has 2 heteroatoms. The summed E-state index contributed by atoms with van der Waals surface area (Å²) in [5.74, 6) is 0. The standard InChI is InChI=1S/C4H9.HI.Zn/c1-3-4-2;;/h3H,4H2,1-2H3;1H;/q;;+1/p-1. The van der Waals surface area contributed by atoms with Crippen LogP contribution >= 0.6 is 0 Å². The third kappa shape index (κ3) is 9.02. The molecule has 0 saturated heterocycles. The van der Waals surface area contributed by atoms with Crippen molar-refractivity contribution in [3.05, 3.63) is 0 Å². The maximum absolute atomic E-state index is 2.28. The molecule has 0 heterocycles. The summed E-state index contributed by atoms with van der Waals surface area (Å²) in [4.78, 5) is 0. The van der Waals surface area contributed by atoms with Gasteiger partial charge in [0.2, 0.25) is 0 Å². The van der Waals surface area contributed by atoms with E-state index in [1.165, 1.54) is 24.7 Å². The SMILES string of the molecule is CC[CH](C)[Zn+].[I-]. The number of hydrogen-bond donors (Lipinski definition) is 0. The van der Waals surface area contributed by atoms with E-state index in [4.69, 9.17) is 0 Å². The van der Waals surface area contributed by atoms with Crippen LogP contribution in [-0.4, -0.2) is 0 Å². The van der Waals surface area contributed by atoms with E-state index >= 15 is 0 Å². The minimum absolute atomic E-state index is 0. The second kappa shape index (κ2) is 6.35. The molecule has 0 saturated carbocycles. The minimum Gasteiger partial charge on any atom is -1.00 e. The minimum atomic E-state index is 0. The molecule has 6 heavy (non-hydrogen) atoms. The molecule has 0 spiro atoms. The van der Waals surface area contributed by atoms with Crippen molar-refractivity contribution in [1.82, 2.24) is 0 Å². The maximum Gasteiger partial charge on any atom is -1.00 e. The van der Waals surface area contributed by atoms with Crippen LogP contribution in [0.4, 0.5) is 0 Å². The van der Waals surface area contributed by atoms with Crippen LogP contribution in [0, 0.1) is 0 Å². The molecule has 0 aromatic rings. The van der Waals surface area contributed by atoms with E-state index in [0.717, 1.165) is 4.51 Å². The van der Waals surface area contributed by atoms with Crippen molar-refractivity contribution in [1.29, 1.82) is 0 Å². The van der Waals surface area contributed by atoms with Gasteiger partial charge in [0.05, 0.1) is 0 Å². The molecular formula is C4H9IZn. The van der Waals surface area contributed by atoms with Gasteiger partial charge in [-0.25, -0.2) is 0 Å². The van der Waals surface area contributed by atoms with Gasteiger partial charge in [-0.1, -0.05) is 0 Å². The Morgan fingerprint density at radius 2 is 1.83 bits per heavy atom. The molecule has 0 bridgehead atoms. The molecule has 0 aromatic heterocycles. The fourth-order valence-electron chi connectivity index (χ4n) is 0. The average Bonchev–Trinajstić information content (AvgIpc) is 1.38. The van der Waals surface area contributed by atoms with Gasteiger partial charge in [-0.15, -0.1) is 0 Å². The molecule has 34 valence electrons. The van der Waals surface area contributed by atoms with Gasteiger partial charge in [0.1, 0.15) is 0 Å². The first-order chi connectivity index (χ1) is 2.27. The Labute approximate surface area is 66.8 Å². The van der Waals surface area contributed by atoms with Gasteiger partial charge in [0, 0.05) is 0 Å². The summed E-state index contributed by atoms with van der Waals surface area (Å²) in [6.07, 6.45) is 1.36. The molecule has 0 radical (unpaired) electrons. The zero-order chi connectivity index (χ0) is 4.28. The van der Waals surface area contributed by atoms with Gasteiger partial charge in [-0.2, -0.15) is 0 Å². The van der Waals surface area contributed by atoms with Crippen LogP contribution in [-0.2, 0) is 18.3 Å². The van der Waals surface area contributed by atoms with Gasteiger partial charge < -0.3 is 24.0 Å². The van der Waals surface area contributed by atoms with E-state index in [1.54, 1.807) is 0 Å². The summed E-state index contributed by atoms with van der Waals surface area (Å²) in [6.45, 7) is 4.51. The van der Waals surface area contributed by atoms with Crippen LogP contribution in [0.15, 0.2) is 0 Å². The van der Waals surface area contributed by atoms with E-state index in [9.17, 15) is 0 Å². The van der Waals surface area contributed by atoms with Crippen LogP contribution in [0.3, 0.4) is 0 Å². The molecule has 0 amide bonds. The predicted octanol–water partition coefficient (Wildman–Crippen LogP) is -1.24. The Morgan fingerprint density at radius 3 is 1.83 bits per heavy atom. The molecule has 0 N–H and O–H groups in total. The summed E-state index contributed by atoms with van der Waals surface area (Å²) in [5.41, 5.74) is 0. The first kappa shape index (κ1) is 10.4. The van der Waals surface area contributed by atoms with Gasteiger partial charge >= 0.3 is 43.1 Å². The first-order valence-corrected chi connectivity index (χ1v) is 3.81. The van der Waals surface area contributed by atoms with Crippen LogP contribution in [0.2, 0.25) is 4.51 Å². The normalized spacial score (nSPS) is 12.7. The molecule has 0 fully saturated rings. The third-order valence-corrected chi connectivity index (χ3v) is 1.91. The van der Waals surface area contributed by atoms with Crippen molar-refractivity contribution < 1.29 is 42.3 Å². The molecule has 1 unspecified atom stereocenters. The van der Waals surface area contributed by atoms with Crippen LogP contribution in [0.1, 0.15) is 20.3 Å². The van der Waals surface area contributed by atoms with Crippen molar-refractivity contribution in [3.8, 4) is 0 Å². The summed E-state index contributed by atoms with van der Waals surface area (Å²) < 4.78 is 1.01. The molecule has 1 atom stereocenters. The monoisotopic (exact) mass is 248 g/mol. The predicted molar refractivity (Wildman–Crippen MR) is 19.7 cm³/mol. The summed E-state index contributed by atoms with van der Waals surface area (Å²) in [5, 5.41) is 0. The molecular weight excluding hydrogens is 240 g/mol. The quantitative estimate of drug-likeness (QED) is 0.403. The second-order valence-electron chi connectivity index (χ2n) is 1.51. The van der Waals surface area contributed by atoms with Crippen LogP contribution in [0.25, 0.3) is 0 Å². The van der Waals surface area contributed by atoms with Crippen LogP contribution < -0.4 is 24.0 Å². The molecule has 0 aromatic carbocycles. The largest absolute Gasteiger partial charge is 1.00 e. The Bertz CT molecular complexity index is 21.5. The molecule has 0 aliphatic heterocycles. The van der Waals surface area contributed by atoms with Gasteiger partial charge in [0.15, 0.2) is 0 Å². The van der Waals surface area contributed by atoms with Crippen molar-refractivity contribution in [2.75, 3.05) is 0 Å². The molecule has 0 aliphatic rings. The van der Waals surface area contributed by atoms with Crippen molar-refractivity contribution in [3.63, 3.8) is 0 Å². The number of rotatable bonds is 1. The van der Waals surface area contributed by atoms with Crippen molar-refractivity contribution in [2.24, 2.45) is 0 Å². The van der Waals surface area contributed by atoms with Gasteiger partial charge in [-0.3, -0.25) is 0 Å². The number of hydrogen-bond acceptors (Lipinski definition) is 0. The zero-order valence-electron chi connectivity index (χ0n) is 4.37. The number of halogens is 1. The van der Waals surface area contributed by atoms with E-state index in [0.29, 0.717) is 0 Å². The Morgan fingerprint density at radius 1 is 1.67 bits per heavy atom. The molecule has 0 aliphatic carbocycles. The van der Waals surface area contributed by atoms with Crippen molar-refractivity contribution in [2.45, 2.75) is 24.8 Å². The van der Waals surface area contributed by atoms with Crippen LogP contribution in [0.5, 0.6) is 0 Å². The van der Waals surface area contributed by atoms with E-state index in [1.807, 2.05) is 0 Å². The smallest absolute Gasteiger partial charge is 1.00 e. The second-order valence-corrected chi connectivity index (χ2v) is 4.44. The zero-order valence-corrected chi connectivity index (χ0v) is 9.49. The fraction of sp³-hybridized carbons (Fsp3) is 1.00. The van der Waals surface area contributed by atoms with Gasteiger partial charge in [0.25, 0.3) is 0 Å². The Hall–Kier alpha value is 1.35. The molecule has 0 rings (SSSR count). The topological polar surface area (TPSA) is 0 Å². The van der Waals surface area contributed by atoms with Gasteiger partial charge in [-0.05, 0) is 0 Å². The fourth-order valence-corrected chi connectivity index (χ4v) is 0. The van der Waals surface area contributed by atoms with E-state index in [2.05, 4.69) is 13.8 Å². The first-order valence-electron chi connectivity index (χ1n) is 2.10. The third-order valence-electron chi connectivity index (χ3n) is 0.697. The molecule has 0 nitrogen and oxygen atoms in total. The summed E-state index contributed by atoms with van der Waals surface area (Å²) >= 11 is 1.45. The Balaban J connectivity index is 0. The maximum atomic E-state index is 2.28. The average molecular weight is 249 g/mol. The van der Waals surface area contributed by atoms with Crippen molar-refractivity contribution >= 4 is 0 Å². The Kier molecular flexibility index (Phi) is 11.0. The van der Waals surface area contributed by atoms with E-state index < -0.39 is 0 Å². The summed E-state index contributed by atoms with van der Waals surface area (Å²) in [7, 11) is 0. The summed E-state index contributed by atoms with van der Waals surface area (Å²) in [6, 6.07) is 0. The van der Waals surface area contributed by atoms with E-state index in [-0.39, 0.29) is 24.0 Å².